The highest BCUT2D eigenvalue weighted by atomic mass is 32.2. The average molecular weight is 367 g/mol. The third-order valence-electron chi connectivity index (χ3n) is 5.81. The van der Waals surface area contributed by atoms with Crippen molar-refractivity contribution in [1.29, 1.82) is 0 Å². The van der Waals surface area contributed by atoms with Crippen LogP contribution in [-0.4, -0.2) is 57.2 Å². The van der Waals surface area contributed by atoms with E-state index in [2.05, 4.69) is 30.0 Å². The van der Waals surface area contributed by atoms with Gasteiger partial charge in [0.2, 0.25) is 10.0 Å². The summed E-state index contributed by atoms with van der Waals surface area (Å²) in [5.74, 6) is 2.32. The van der Waals surface area contributed by atoms with Crippen molar-refractivity contribution >= 4 is 10.0 Å². The zero-order valence-corrected chi connectivity index (χ0v) is 16.4. The van der Waals surface area contributed by atoms with Gasteiger partial charge in [-0.1, -0.05) is 12.1 Å². The zero-order chi connectivity index (χ0) is 18.0. The molecule has 1 aromatic carbocycles. The average Bonchev–Trinajstić information content (AvgIpc) is 3.03. The molecule has 0 N–H and O–H groups in total. The van der Waals surface area contributed by atoms with E-state index >= 15 is 0 Å². The van der Waals surface area contributed by atoms with Gasteiger partial charge in [0.05, 0.1) is 13.4 Å². The first-order valence-corrected chi connectivity index (χ1v) is 11.0. The molecule has 2 heterocycles. The summed E-state index contributed by atoms with van der Waals surface area (Å²) in [7, 11) is -1.31. The van der Waals surface area contributed by atoms with Crippen molar-refractivity contribution in [2.75, 3.05) is 39.5 Å². The van der Waals surface area contributed by atoms with Gasteiger partial charge in [0.15, 0.2) is 0 Å². The smallest absolute Gasteiger partial charge is 0.211 e. The summed E-state index contributed by atoms with van der Waals surface area (Å²) in [6.07, 6.45) is 4.57. The number of methoxy groups -OCH3 is 1. The minimum Gasteiger partial charge on any atom is -0.496 e. The first-order valence-electron chi connectivity index (χ1n) is 9.18. The number of rotatable bonds is 5. The number of aryl methyl sites for hydroxylation is 1. The van der Waals surface area contributed by atoms with Crippen LogP contribution < -0.4 is 4.74 Å². The highest BCUT2D eigenvalue weighted by molar-refractivity contribution is 7.88. The molecule has 3 rings (SSSR count). The largest absolute Gasteiger partial charge is 0.496 e. The summed E-state index contributed by atoms with van der Waals surface area (Å²) in [6, 6.07) is 6.43. The molecule has 2 fully saturated rings. The fraction of sp³-hybridized carbons (Fsp3) is 0.684. The van der Waals surface area contributed by atoms with E-state index in [1.165, 1.54) is 23.8 Å². The van der Waals surface area contributed by atoms with Crippen LogP contribution in [0.2, 0.25) is 0 Å². The monoisotopic (exact) mass is 366 g/mol. The Bertz CT molecular complexity index is 697. The van der Waals surface area contributed by atoms with Gasteiger partial charge >= 0.3 is 0 Å². The van der Waals surface area contributed by atoms with Crippen LogP contribution in [0, 0.1) is 18.8 Å². The molecule has 1 aromatic rings. The van der Waals surface area contributed by atoms with E-state index in [0.717, 1.165) is 38.2 Å². The van der Waals surface area contributed by atoms with Crippen LogP contribution >= 0.6 is 0 Å². The van der Waals surface area contributed by atoms with Crippen LogP contribution in [0.3, 0.4) is 0 Å². The number of hydrogen-bond donors (Lipinski definition) is 0. The van der Waals surface area contributed by atoms with Gasteiger partial charge < -0.3 is 4.74 Å². The third-order valence-corrected chi connectivity index (χ3v) is 7.11. The van der Waals surface area contributed by atoms with Crippen LogP contribution in [0.1, 0.15) is 30.4 Å². The van der Waals surface area contributed by atoms with Crippen LogP contribution in [0.15, 0.2) is 18.2 Å². The van der Waals surface area contributed by atoms with Gasteiger partial charge in [-0.3, -0.25) is 4.90 Å². The molecular weight excluding hydrogens is 336 g/mol. The molecule has 5 nitrogen and oxygen atoms in total. The van der Waals surface area contributed by atoms with E-state index in [1.807, 2.05) is 0 Å². The summed E-state index contributed by atoms with van der Waals surface area (Å²) in [5.41, 5.74) is 2.52. The van der Waals surface area contributed by atoms with Gasteiger partial charge in [-0.25, -0.2) is 12.7 Å². The predicted molar refractivity (Wildman–Crippen MR) is 100 cm³/mol. The van der Waals surface area contributed by atoms with Crippen molar-refractivity contribution in [1.82, 2.24) is 9.21 Å². The normalized spacial score (nSPS) is 23.9. The van der Waals surface area contributed by atoms with Gasteiger partial charge in [-0.2, -0.15) is 0 Å². The van der Waals surface area contributed by atoms with Crippen LogP contribution in [-0.2, 0) is 16.6 Å². The van der Waals surface area contributed by atoms with Crippen molar-refractivity contribution in [3.05, 3.63) is 29.3 Å². The molecule has 1 atom stereocenters. The molecule has 1 unspecified atom stereocenters. The molecule has 0 amide bonds. The molecule has 0 bridgehead atoms. The lowest BCUT2D eigenvalue weighted by atomic mass is 9.84. The van der Waals surface area contributed by atoms with Crippen molar-refractivity contribution in [2.45, 2.75) is 32.7 Å². The highest BCUT2D eigenvalue weighted by Gasteiger charge is 2.33. The molecule has 2 saturated heterocycles. The molecule has 2 aliphatic heterocycles. The molecular formula is C19H30N2O3S. The Hall–Kier alpha value is -1.11. The van der Waals surface area contributed by atoms with Crippen molar-refractivity contribution in [3.63, 3.8) is 0 Å². The van der Waals surface area contributed by atoms with E-state index in [0.29, 0.717) is 24.9 Å². The zero-order valence-electron chi connectivity index (χ0n) is 15.6. The van der Waals surface area contributed by atoms with E-state index in [1.54, 1.807) is 11.4 Å². The van der Waals surface area contributed by atoms with Crippen molar-refractivity contribution < 1.29 is 13.2 Å². The van der Waals surface area contributed by atoms with E-state index in [-0.39, 0.29) is 0 Å². The van der Waals surface area contributed by atoms with E-state index in [9.17, 15) is 8.42 Å². The van der Waals surface area contributed by atoms with Gasteiger partial charge in [0.25, 0.3) is 0 Å². The van der Waals surface area contributed by atoms with Gasteiger partial charge in [-0.05, 0) is 61.8 Å². The molecule has 25 heavy (non-hydrogen) atoms. The second kappa shape index (κ2) is 7.64. The molecule has 0 aliphatic carbocycles. The molecule has 0 spiro atoms. The standard InChI is InChI=1S/C19H30N2O3S/c1-15-12-16(4-5-19(15)24-2)13-20-9-6-18(14-20)17-7-10-21(11-8-17)25(3,22)23/h4-5,12,17-18H,6-11,13-14H2,1-3H3. The molecule has 2 aliphatic rings. The SMILES string of the molecule is COc1ccc(CN2CCC(C3CCN(S(C)(=O)=O)CC3)C2)cc1C. The molecule has 0 aromatic heterocycles. The first-order chi connectivity index (χ1) is 11.9. The first kappa shape index (κ1) is 18.7. The molecule has 6 heteroatoms. The van der Waals surface area contributed by atoms with Gasteiger partial charge in [0.1, 0.15) is 5.75 Å². The van der Waals surface area contributed by atoms with Crippen LogP contribution in [0.4, 0.5) is 0 Å². The number of ether oxygens (including phenoxy) is 1. The quantitative estimate of drug-likeness (QED) is 0.803. The Balaban J connectivity index is 1.52. The van der Waals surface area contributed by atoms with Gasteiger partial charge in [0, 0.05) is 26.2 Å². The topological polar surface area (TPSA) is 49.9 Å². The minimum atomic E-state index is -3.02. The predicted octanol–water partition coefficient (Wildman–Crippen LogP) is 2.50. The molecule has 140 valence electrons. The van der Waals surface area contributed by atoms with E-state index < -0.39 is 10.0 Å². The summed E-state index contributed by atoms with van der Waals surface area (Å²) >= 11 is 0. The Morgan fingerprint density at radius 3 is 2.40 bits per heavy atom. The number of benzene rings is 1. The number of likely N-dealkylation sites (tertiary alicyclic amines) is 1. The number of nitrogens with zero attached hydrogens (tertiary/aromatic N) is 2. The third kappa shape index (κ3) is 4.54. The summed E-state index contributed by atoms with van der Waals surface area (Å²) in [5, 5.41) is 0. The van der Waals surface area contributed by atoms with Crippen LogP contribution in [0.5, 0.6) is 5.75 Å². The summed E-state index contributed by atoms with van der Waals surface area (Å²) in [4.78, 5) is 2.54. The number of piperidine rings is 1. The highest BCUT2D eigenvalue weighted by Crippen LogP contribution is 2.33. The fourth-order valence-corrected chi connectivity index (χ4v) is 5.24. The summed E-state index contributed by atoms with van der Waals surface area (Å²) in [6.45, 7) is 6.74. The summed E-state index contributed by atoms with van der Waals surface area (Å²) < 4.78 is 30.3. The lowest BCUT2D eigenvalue weighted by Gasteiger charge is -2.33. The Kier molecular flexibility index (Phi) is 5.71. The van der Waals surface area contributed by atoms with E-state index in [4.69, 9.17) is 4.74 Å². The minimum absolute atomic E-state index is 0.667. The molecule has 0 radical (unpaired) electrons. The Morgan fingerprint density at radius 1 is 1.12 bits per heavy atom. The maximum absolute atomic E-state index is 11.7. The van der Waals surface area contributed by atoms with Crippen LogP contribution in [0.25, 0.3) is 0 Å². The molecule has 0 saturated carbocycles. The Labute approximate surface area is 152 Å². The number of sulfonamides is 1. The second-order valence-corrected chi connectivity index (χ2v) is 9.57. The van der Waals surface area contributed by atoms with Gasteiger partial charge in [-0.15, -0.1) is 0 Å². The second-order valence-electron chi connectivity index (χ2n) is 7.59. The lowest BCUT2D eigenvalue weighted by Crippen LogP contribution is -2.39. The maximum Gasteiger partial charge on any atom is 0.211 e. The number of hydrogen-bond acceptors (Lipinski definition) is 4. The fourth-order valence-electron chi connectivity index (χ4n) is 4.37. The maximum atomic E-state index is 11.7. The van der Waals surface area contributed by atoms with Crippen molar-refractivity contribution in [3.8, 4) is 5.75 Å². The Morgan fingerprint density at radius 2 is 1.80 bits per heavy atom. The lowest BCUT2D eigenvalue weighted by molar-refractivity contribution is 0.202. The van der Waals surface area contributed by atoms with Crippen molar-refractivity contribution in [2.24, 2.45) is 11.8 Å².